The second-order valence-electron chi connectivity index (χ2n) is 8.79. The fourth-order valence-electron chi connectivity index (χ4n) is 4.23. The molecule has 9 heteroatoms. The number of hydrogen-bond acceptors (Lipinski definition) is 3. The Morgan fingerprint density at radius 2 is 1.67 bits per heavy atom. The summed E-state index contributed by atoms with van der Waals surface area (Å²) in [7, 11) is -4.31. The summed E-state index contributed by atoms with van der Waals surface area (Å²) >= 11 is 0. The number of rotatable bonds is 4. The minimum atomic E-state index is -4.76. The van der Waals surface area contributed by atoms with Crippen LogP contribution in [0.3, 0.4) is 0 Å². The smallest absolute Gasteiger partial charge is 0.340 e. The van der Waals surface area contributed by atoms with Gasteiger partial charge in [-0.2, -0.15) is 17.5 Å². The highest BCUT2D eigenvalue weighted by molar-refractivity contribution is 7.89. The molecule has 1 aromatic rings. The van der Waals surface area contributed by atoms with Crippen molar-refractivity contribution >= 4 is 15.9 Å². The lowest BCUT2D eigenvalue weighted by Crippen LogP contribution is -2.51. The van der Waals surface area contributed by atoms with Gasteiger partial charge < -0.3 is 4.90 Å². The van der Waals surface area contributed by atoms with Crippen LogP contribution in [0.2, 0.25) is 0 Å². The van der Waals surface area contributed by atoms with Crippen LogP contribution in [0.25, 0.3) is 0 Å². The molecule has 2 atom stereocenters. The second-order valence-corrected chi connectivity index (χ2v) is 10.7. The Balaban J connectivity index is 1.72. The van der Waals surface area contributed by atoms with Crippen LogP contribution in [0.15, 0.2) is 40.8 Å². The van der Waals surface area contributed by atoms with Crippen molar-refractivity contribution in [1.29, 1.82) is 0 Å². The highest BCUT2D eigenvalue weighted by Gasteiger charge is 2.61. The maximum atomic E-state index is 13.3. The van der Waals surface area contributed by atoms with Crippen molar-refractivity contribution in [3.05, 3.63) is 41.5 Å². The molecule has 0 spiro atoms. The van der Waals surface area contributed by atoms with Crippen LogP contribution in [0.1, 0.15) is 33.3 Å². The SMILES string of the molecule is CC(C)=C[C@@H]1[C@H](C(=O)N2CCN(S(=O)(=O)c3ccccc3C(F)(F)F)CC2)C1(C)C. The molecule has 166 valence electrons. The lowest BCUT2D eigenvalue weighted by Gasteiger charge is -2.34. The highest BCUT2D eigenvalue weighted by atomic mass is 32.2. The number of hydrogen-bond donors (Lipinski definition) is 0. The molecule has 1 aromatic carbocycles. The van der Waals surface area contributed by atoms with E-state index in [1.807, 2.05) is 27.7 Å². The van der Waals surface area contributed by atoms with Gasteiger partial charge in [-0.3, -0.25) is 4.79 Å². The Morgan fingerprint density at radius 3 is 2.20 bits per heavy atom. The van der Waals surface area contributed by atoms with E-state index in [9.17, 15) is 26.4 Å². The van der Waals surface area contributed by atoms with Crippen molar-refractivity contribution in [1.82, 2.24) is 9.21 Å². The highest BCUT2D eigenvalue weighted by Crippen LogP contribution is 2.60. The van der Waals surface area contributed by atoms with E-state index in [2.05, 4.69) is 6.08 Å². The van der Waals surface area contributed by atoms with E-state index >= 15 is 0 Å². The van der Waals surface area contributed by atoms with Gasteiger partial charge in [0.1, 0.15) is 0 Å². The van der Waals surface area contributed by atoms with Crippen molar-refractivity contribution in [3.8, 4) is 0 Å². The first kappa shape index (κ1) is 22.8. The van der Waals surface area contributed by atoms with Gasteiger partial charge in [-0.05, 0) is 37.3 Å². The summed E-state index contributed by atoms with van der Waals surface area (Å²) in [5.74, 6) is -0.0211. The van der Waals surface area contributed by atoms with Crippen LogP contribution < -0.4 is 0 Å². The summed E-state index contributed by atoms with van der Waals surface area (Å²) in [5, 5.41) is 0. The van der Waals surface area contributed by atoms with E-state index < -0.39 is 26.7 Å². The van der Waals surface area contributed by atoms with Crippen molar-refractivity contribution in [2.45, 2.75) is 38.8 Å². The third-order valence-electron chi connectivity index (χ3n) is 6.05. The second kappa shape index (κ2) is 7.67. The summed E-state index contributed by atoms with van der Waals surface area (Å²) < 4.78 is 66.6. The Morgan fingerprint density at radius 1 is 1.10 bits per heavy atom. The van der Waals surface area contributed by atoms with E-state index in [1.54, 1.807) is 4.90 Å². The molecular formula is C21H27F3N2O3S. The molecule has 0 bridgehead atoms. The van der Waals surface area contributed by atoms with Crippen molar-refractivity contribution in [2.75, 3.05) is 26.2 Å². The number of amides is 1. The summed E-state index contributed by atoms with van der Waals surface area (Å²) in [6.45, 7) is 8.32. The number of halogens is 3. The minimum absolute atomic E-state index is 0.0183. The van der Waals surface area contributed by atoms with Crippen molar-refractivity contribution < 1.29 is 26.4 Å². The van der Waals surface area contributed by atoms with Gasteiger partial charge in [0.15, 0.2) is 0 Å². The number of allylic oxidation sites excluding steroid dienone is 2. The van der Waals surface area contributed by atoms with Crippen molar-refractivity contribution in [3.63, 3.8) is 0 Å². The van der Waals surface area contributed by atoms with E-state index in [0.29, 0.717) is 0 Å². The van der Waals surface area contributed by atoms with Gasteiger partial charge in [0.2, 0.25) is 15.9 Å². The first-order valence-corrected chi connectivity index (χ1v) is 11.3. The van der Waals surface area contributed by atoms with Crippen LogP contribution in [0.4, 0.5) is 13.2 Å². The summed E-state index contributed by atoms with van der Waals surface area (Å²) in [5.41, 5.74) is -0.182. The fourth-order valence-corrected chi connectivity index (χ4v) is 5.86. The first-order chi connectivity index (χ1) is 13.8. The number of alkyl halides is 3. The van der Waals surface area contributed by atoms with Gasteiger partial charge in [-0.15, -0.1) is 0 Å². The Hall–Kier alpha value is -1.87. The van der Waals surface area contributed by atoms with E-state index in [1.165, 1.54) is 12.1 Å². The monoisotopic (exact) mass is 444 g/mol. The lowest BCUT2D eigenvalue weighted by molar-refractivity contribution is -0.140. The summed E-state index contributed by atoms with van der Waals surface area (Å²) in [4.78, 5) is 13.8. The molecule has 1 heterocycles. The molecule has 0 aromatic heterocycles. The zero-order valence-electron chi connectivity index (χ0n) is 17.5. The number of sulfonamides is 1. The molecule has 5 nitrogen and oxygen atoms in total. The van der Waals surface area contributed by atoms with Crippen LogP contribution in [0, 0.1) is 17.3 Å². The minimum Gasteiger partial charge on any atom is -0.340 e. The van der Waals surface area contributed by atoms with Crippen molar-refractivity contribution in [2.24, 2.45) is 17.3 Å². The molecular weight excluding hydrogens is 417 g/mol. The van der Waals surface area contributed by atoms with Gasteiger partial charge in [-0.1, -0.05) is 37.6 Å². The lowest BCUT2D eigenvalue weighted by atomic mass is 10.1. The van der Waals surface area contributed by atoms with Gasteiger partial charge >= 0.3 is 6.18 Å². The average molecular weight is 445 g/mol. The van der Waals surface area contributed by atoms with E-state index in [0.717, 1.165) is 22.0 Å². The number of carbonyl (C=O) groups excluding carboxylic acids is 1. The van der Waals surface area contributed by atoms with E-state index in [4.69, 9.17) is 0 Å². The van der Waals surface area contributed by atoms with Gasteiger partial charge in [0, 0.05) is 26.2 Å². The molecule has 0 radical (unpaired) electrons. The van der Waals surface area contributed by atoms with Crippen LogP contribution in [0.5, 0.6) is 0 Å². The molecule has 1 saturated heterocycles. The number of benzene rings is 1. The number of piperazine rings is 1. The third kappa shape index (κ3) is 4.14. The predicted molar refractivity (Wildman–Crippen MR) is 107 cm³/mol. The Kier molecular flexibility index (Phi) is 5.83. The molecule has 1 amide bonds. The Labute approximate surface area is 175 Å². The van der Waals surface area contributed by atoms with Crippen LogP contribution in [-0.2, 0) is 21.0 Å². The maximum Gasteiger partial charge on any atom is 0.417 e. The summed E-state index contributed by atoms with van der Waals surface area (Å²) in [6, 6.07) is 4.19. The van der Waals surface area contributed by atoms with Gasteiger partial charge in [-0.25, -0.2) is 8.42 Å². The molecule has 2 aliphatic rings. The molecule has 2 fully saturated rings. The van der Waals surface area contributed by atoms with E-state index in [-0.39, 0.29) is 49.3 Å². The molecule has 1 aliphatic carbocycles. The molecule has 3 rings (SSSR count). The third-order valence-corrected chi connectivity index (χ3v) is 8.01. The van der Waals surface area contributed by atoms with Gasteiger partial charge in [0.25, 0.3) is 0 Å². The van der Waals surface area contributed by atoms with Crippen LogP contribution >= 0.6 is 0 Å². The number of carbonyl (C=O) groups is 1. The zero-order valence-corrected chi connectivity index (χ0v) is 18.3. The fraction of sp³-hybridized carbons (Fsp3) is 0.571. The molecule has 1 aliphatic heterocycles. The average Bonchev–Trinajstić information content (AvgIpc) is 3.19. The molecule has 0 unspecified atom stereocenters. The van der Waals surface area contributed by atoms with Gasteiger partial charge in [0.05, 0.1) is 16.4 Å². The molecule has 1 saturated carbocycles. The first-order valence-electron chi connectivity index (χ1n) is 9.88. The molecule has 0 N–H and O–H groups in total. The quantitative estimate of drug-likeness (QED) is 0.665. The maximum absolute atomic E-state index is 13.3. The van der Waals surface area contributed by atoms with Crippen LogP contribution in [-0.4, -0.2) is 49.7 Å². The standard InChI is InChI=1S/C21H27F3N2O3S/c1-14(2)13-16-18(20(16,3)4)19(27)25-9-11-26(12-10-25)30(28,29)17-8-6-5-7-15(17)21(22,23)24/h5-8,13,16,18H,9-12H2,1-4H3/t16-,18-/m1/s1. The Bertz CT molecular complexity index is 958. The largest absolute Gasteiger partial charge is 0.417 e. The topological polar surface area (TPSA) is 57.7 Å². The normalized spacial score (nSPS) is 24.4. The summed E-state index contributed by atoms with van der Waals surface area (Å²) in [6.07, 6.45) is -2.67. The predicted octanol–water partition coefficient (Wildman–Crippen LogP) is 3.78. The zero-order chi connectivity index (χ0) is 22.5. The number of nitrogens with zero attached hydrogens (tertiary/aromatic N) is 2. The molecule has 30 heavy (non-hydrogen) atoms.